The summed E-state index contributed by atoms with van der Waals surface area (Å²) in [6, 6.07) is 0.503. The highest BCUT2D eigenvalue weighted by Gasteiger charge is 2.17. The van der Waals surface area contributed by atoms with Gasteiger partial charge >= 0.3 is 0 Å². The number of halogens is 2. The third-order valence-corrected chi connectivity index (χ3v) is 3.75. The van der Waals surface area contributed by atoms with Crippen LogP contribution in [0.3, 0.4) is 0 Å². The molecule has 0 fully saturated rings. The fraction of sp³-hybridized carbons (Fsp3) is 0.750. The van der Waals surface area contributed by atoms with Gasteiger partial charge in [0.25, 0.3) is 0 Å². The Morgan fingerprint density at radius 3 is 2.53 bits per heavy atom. The van der Waals surface area contributed by atoms with Crippen LogP contribution in [0.15, 0.2) is 0 Å². The first-order valence-corrected chi connectivity index (χ1v) is 7.51. The van der Waals surface area contributed by atoms with Gasteiger partial charge in [0.1, 0.15) is 0 Å². The maximum Gasteiger partial charge on any atom is 0.0863 e. The predicted octanol–water partition coefficient (Wildman–Crippen LogP) is 3.24. The molecule has 5 heteroatoms. The minimum absolute atomic E-state index is 0.503. The van der Waals surface area contributed by atoms with Gasteiger partial charge in [0.15, 0.2) is 0 Å². The molecule has 0 aliphatic rings. The zero-order chi connectivity index (χ0) is 13.0. The molecule has 0 radical (unpaired) electrons. The Labute approximate surface area is 117 Å². The normalized spacial score (nSPS) is 11.8. The summed E-state index contributed by atoms with van der Waals surface area (Å²) in [5.41, 5.74) is 2.10. The maximum atomic E-state index is 6.36. The topological polar surface area (TPSA) is 21.1 Å². The molecule has 0 aliphatic heterocycles. The van der Waals surface area contributed by atoms with E-state index in [1.807, 2.05) is 11.7 Å². The summed E-state index contributed by atoms with van der Waals surface area (Å²) in [5, 5.41) is 6.25. The SMILES string of the molecule is CCc1nn(C)c(CN(CCBr)C(C)C)c1Cl. The van der Waals surface area contributed by atoms with E-state index in [0.717, 1.165) is 41.3 Å². The molecule has 0 unspecified atom stereocenters. The molecule has 0 amide bonds. The fourth-order valence-corrected chi connectivity index (χ4v) is 2.62. The van der Waals surface area contributed by atoms with Crippen LogP contribution in [0.2, 0.25) is 5.02 Å². The highest BCUT2D eigenvalue weighted by Crippen LogP contribution is 2.22. The first-order valence-electron chi connectivity index (χ1n) is 6.01. The van der Waals surface area contributed by atoms with E-state index in [1.54, 1.807) is 0 Å². The van der Waals surface area contributed by atoms with Crippen LogP contribution in [0, 0.1) is 0 Å². The quantitative estimate of drug-likeness (QED) is 0.750. The van der Waals surface area contributed by atoms with Crippen LogP contribution in [-0.4, -0.2) is 32.6 Å². The van der Waals surface area contributed by atoms with Gasteiger partial charge in [-0.15, -0.1) is 0 Å². The minimum Gasteiger partial charge on any atom is -0.294 e. The molecule has 98 valence electrons. The van der Waals surface area contributed by atoms with Crippen LogP contribution in [0.4, 0.5) is 0 Å². The average Bonchev–Trinajstić information content (AvgIpc) is 2.55. The monoisotopic (exact) mass is 321 g/mol. The summed E-state index contributed by atoms with van der Waals surface area (Å²) in [7, 11) is 1.97. The number of rotatable bonds is 6. The van der Waals surface area contributed by atoms with E-state index in [0.29, 0.717) is 6.04 Å². The molecular formula is C12H21BrClN3. The van der Waals surface area contributed by atoms with Crippen molar-refractivity contribution in [2.75, 3.05) is 11.9 Å². The largest absolute Gasteiger partial charge is 0.294 e. The first-order chi connectivity index (χ1) is 8.01. The lowest BCUT2D eigenvalue weighted by Crippen LogP contribution is -2.32. The van der Waals surface area contributed by atoms with Crippen molar-refractivity contribution in [3.8, 4) is 0 Å². The van der Waals surface area contributed by atoms with Crippen molar-refractivity contribution in [1.82, 2.24) is 14.7 Å². The lowest BCUT2D eigenvalue weighted by atomic mass is 10.2. The standard InChI is InChI=1S/C12H21BrClN3/c1-5-10-12(14)11(16(4)15-10)8-17(7-6-13)9(2)3/h9H,5-8H2,1-4H3. The van der Waals surface area contributed by atoms with E-state index in [2.05, 4.69) is 46.7 Å². The Kier molecular flexibility index (Phi) is 5.97. The van der Waals surface area contributed by atoms with E-state index >= 15 is 0 Å². The van der Waals surface area contributed by atoms with Gasteiger partial charge < -0.3 is 0 Å². The lowest BCUT2D eigenvalue weighted by molar-refractivity contribution is 0.222. The van der Waals surface area contributed by atoms with Gasteiger partial charge in [-0.1, -0.05) is 34.5 Å². The van der Waals surface area contributed by atoms with Crippen molar-refractivity contribution in [3.05, 3.63) is 16.4 Å². The van der Waals surface area contributed by atoms with E-state index in [-0.39, 0.29) is 0 Å². The Morgan fingerprint density at radius 1 is 1.47 bits per heavy atom. The molecule has 1 aromatic heterocycles. The van der Waals surface area contributed by atoms with Crippen molar-refractivity contribution < 1.29 is 0 Å². The van der Waals surface area contributed by atoms with Gasteiger partial charge in [-0.2, -0.15) is 5.10 Å². The Balaban J connectivity index is 2.88. The number of alkyl halides is 1. The zero-order valence-electron chi connectivity index (χ0n) is 11.0. The molecule has 0 bridgehead atoms. The molecule has 0 N–H and O–H groups in total. The highest BCUT2D eigenvalue weighted by atomic mass is 79.9. The number of hydrogen-bond acceptors (Lipinski definition) is 2. The number of hydrogen-bond donors (Lipinski definition) is 0. The van der Waals surface area contributed by atoms with Crippen LogP contribution >= 0.6 is 27.5 Å². The summed E-state index contributed by atoms with van der Waals surface area (Å²) in [4.78, 5) is 2.39. The van der Waals surface area contributed by atoms with Gasteiger partial charge in [0.2, 0.25) is 0 Å². The van der Waals surface area contributed by atoms with Gasteiger partial charge in [0.05, 0.1) is 16.4 Å². The Bertz CT molecular complexity index is 363. The van der Waals surface area contributed by atoms with Gasteiger partial charge in [-0.3, -0.25) is 9.58 Å². The van der Waals surface area contributed by atoms with Crippen molar-refractivity contribution in [1.29, 1.82) is 0 Å². The molecule has 0 aliphatic carbocycles. The second kappa shape index (κ2) is 6.76. The minimum atomic E-state index is 0.503. The predicted molar refractivity (Wildman–Crippen MR) is 76.9 cm³/mol. The van der Waals surface area contributed by atoms with E-state index in [1.165, 1.54) is 0 Å². The summed E-state index contributed by atoms with van der Waals surface area (Å²) >= 11 is 9.85. The Morgan fingerprint density at radius 2 is 2.12 bits per heavy atom. The van der Waals surface area contributed by atoms with Crippen molar-refractivity contribution in [3.63, 3.8) is 0 Å². The molecule has 3 nitrogen and oxygen atoms in total. The second-order valence-corrected chi connectivity index (χ2v) is 5.61. The Hall–Kier alpha value is -0.0600. The van der Waals surface area contributed by atoms with Crippen molar-refractivity contribution in [2.24, 2.45) is 7.05 Å². The highest BCUT2D eigenvalue weighted by molar-refractivity contribution is 9.09. The molecular weight excluding hydrogens is 302 g/mol. The van der Waals surface area contributed by atoms with E-state index in [9.17, 15) is 0 Å². The van der Waals surface area contributed by atoms with Crippen LogP contribution in [0.25, 0.3) is 0 Å². The van der Waals surface area contributed by atoms with Gasteiger partial charge in [0, 0.05) is 31.5 Å². The lowest BCUT2D eigenvalue weighted by Gasteiger charge is -2.25. The molecule has 1 heterocycles. The third-order valence-electron chi connectivity index (χ3n) is 2.96. The summed E-state index contributed by atoms with van der Waals surface area (Å²) in [5.74, 6) is 0. The van der Waals surface area contributed by atoms with Crippen LogP contribution in [-0.2, 0) is 20.0 Å². The molecule has 0 aromatic carbocycles. The maximum absolute atomic E-state index is 6.36. The molecule has 17 heavy (non-hydrogen) atoms. The smallest absolute Gasteiger partial charge is 0.0863 e. The van der Waals surface area contributed by atoms with Crippen LogP contribution < -0.4 is 0 Å². The summed E-state index contributed by atoms with van der Waals surface area (Å²) in [6.45, 7) is 8.35. The molecule has 0 saturated heterocycles. The number of aromatic nitrogens is 2. The van der Waals surface area contributed by atoms with E-state index < -0.39 is 0 Å². The molecule has 1 rings (SSSR count). The van der Waals surface area contributed by atoms with Crippen LogP contribution in [0.1, 0.15) is 32.2 Å². The molecule has 0 atom stereocenters. The molecule has 0 saturated carbocycles. The first kappa shape index (κ1) is 15.0. The molecule has 1 aromatic rings. The second-order valence-electron chi connectivity index (χ2n) is 4.44. The number of nitrogens with zero attached hydrogens (tertiary/aromatic N) is 3. The summed E-state index contributed by atoms with van der Waals surface area (Å²) in [6.07, 6.45) is 0.882. The van der Waals surface area contributed by atoms with E-state index in [4.69, 9.17) is 11.6 Å². The fourth-order valence-electron chi connectivity index (χ4n) is 1.81. The van der Waals surface area contributed by atoms with Gasteiger partial charge in [-0.25, -0.2) is 0 Å². The average molecular weight is 323 g/mol. The third kappa shape index (κ3) is 3.70. The van der Waals surface area contributed by atoms with Gasteiger partial charge in [-0.05, 0) is 20.3 Å². The van der Waals surface area contributed by atoms with Crippen LogP contribution in [0.5, 0.6) is 0 Å². The molecule has 0 spiro atoms. The number of aryl methyl sites for hydroxylation is 2. The van der Waals surface area contributed by atoms with Crippen molar-refractivity contribution >= 4 is 27.5 Å². The van der Waals surface area contributed by atoms with Crippen molar-refractivity contribution in [2.45, 2.75) is 39.8 Å². The summed E-state index contributed by atoms with van der Waals surface area (Å²) < 4.78 is 1.91. The zero-order valence-corrected chi connectivity index (χ0v) is 13.3.